The fraction of sp³-hybridized carbons (Fsp3) is 0.391. The lowest BCUT2D eigenvalue weighted by atomic mass is 9.76. The van der Waals surface area contributed by atoms with Gasteiger partial charge in [-0.3, -0.25) is 4.79 Å². The number of Topliss-reactive ketones (excluding diaryl/α,β-unsaturated/α-hetero) is 1. The summed E-state index contributed by atoms with van der Waals surface area (Å²) in [4.78, 5) is 24.3. The highest BCUT2D eigenvalue weighted by molar-refractivity contribution is 14.1. The van der Waals surface area contributed by atoms with Gasteiger partial charge >= 0.3 is 5.97 Å². The van der Waals surface area contributed by atoms with E-state index in [1.807, 2.05) is 22.6 Å². The van der Waals surface area contributed by atoms with E-state index < -0.39 is 39.9 Å². The van der Waals surface area contributed by atoms with Crippen LogP contribution in [0, 0.1) is 50.0 Å². The van der Waals surface area contributed by atoms with Gasteiger partial charge in [-0.2, -0.15) is 8.78 Å². The number of rotatable bonds is 5. The number of carbonyl (C=O) groups is 2. The molecule has 4 aliphatic rings. The van der Waals surface area contributed by atoms with Crippen LogP contribution in [0.25, 0.3) is 0 Å². The number of ether oxygens (including phenoxy) is 2. The van der Waals surface area contributed by atoms with Crippen molar-refractivity contribution in [3.63, 3.8) is 0 Å². The average molecular weight is 592 g/mol. The lowest BCUT2D eigenvalue weighted by Crippen LogP contribution is -2.30. The molecule has 0 aliphatic heterocycles. The summed E-state index contributed by atoms with van der Waals surface area (Å²) in [5.74, 6) is -8.78. The number of benzene rings is 2. The number of hydrogen-bond donors (Lipinski definition) is 1. The standard InChI is InChI=1S/C23H17F4IO4S/c24-15-17(26)21(33)18(27)16(25)20(15)32-14-2-1-11(28)5-12(14)22(30)31-8-23-6-9-3-10(7-23)19(29)13(23)4-9/h1-2,5,9-10,13,33H,3-4,6-8H2. The molecule has 4 fully saturated rings. The number of esters is 1. The monoisotopic (exact) mass is 592 g/mol. The summed E-state index contributed by atoms with van der Waals surface area (Å²) in [6.45, 7) is 0.0560. The van der Waals surface area contributed by atoms with Crippen LogP contribution in [-0.2, 0) is 9.53 Å². The minimum atomic E-state index is -1.77. The van der Waals surface area contributed by atoms with Gasteiger partial charge in [0.25, 0.3) is 0 Å². The van der Waals surface area contributed by atoms with Crippen LogP contribution in [0.5, 0.6) is 11.5 Å². The smallest absolute Gasteiger partial charge is 0.341 e. The quantitative estimate of drug-likeness (QED) is 0.150. The van der Waals surface area contributed by atoms with Crippen molar-refractivity contribution in [3.8, 4) is 11.5 Å². The first-order valence-corrected chi connectivity index (χ1v) is 11.9. The first kappa shape index (κ1) is 22.9. The Hall–Kier alpha value is -1.82. The molecule has 0 N–H and O–H groups in total. The third kappa shape index (κ3) is 3.64. The van der Waals surface area contributed by atoms with Crippen molar-refractivity contribution in [2.24, 2.45) is 23.2 Å². The molecule has 4 unspecified atom stereocenters. The van der Waals surface area contributed by atoms with Crippen molar-refractivity contribution in [3.05, 3.63) is 50.6 Å². The molecule has 10 heteroatoms. The third-order valence-electron chi connectivity index (χ3n) is 7.08. The SMILES string of the molecule is O=C(OCC12CC3CC(C1)C(=O)C2C3)c1cc(I)ccc1Oc1c(F)c(F)c(S)c(F)c1F. The zero-order valence-electron chi connectivity index (χ0n) is 17.0. The van der Waals surface area contributed by atoms with E-state index in [1.165, 1.54) is 18.2 Å². The normalized spacial score (nSPS) is 27.3. The van der Waals surface area contributed by atoms with Gasteiger partial charge in [0, 0.05) is 20.8 Å². The molecule has 0 amide bonds. The summed E-state index contributed by atoms with van der Waals surface area (Å²) in [7, 11) is 0. The van der Waals surface area contributed by atoms with Crippen LogP contribution in [0.2, 0.25) is 0 Å². The highest BCUT2D eigenvalue weighted by atomic mass is 127. The zero-order chi connectivity index (χ0) is 23.7. The Balaban J connectivity index is 1.41. The van der Waals surface area contributed by atoms with Gasteiger partial charge in [-0.25, -0.2) is 13.6 Å². The van der Waals surface area contributed by atoms with Crippen molar-refractivity contribution >= 4 is 47.0 Å². The molecule has 4 saturated carbocycles. The minimum absolute atomic E-state index is 0.0308. The average Bonchev–Trinajstić information content (AvgIpc) is 3.16. The molecule has 4 aliphatic carbocycles. The van der Waals surface area contributed by atoms with Crippen molar-refractivity contribution in [1.82, 2.24) is 0 Å². The Kier molecular flexibility index (Phi) is 5.66. The number of hydrogen-bond acceptors (Lipinski definition) is 5. The van der Waals surface area contributed by atoms with Gasteiger partial charge in [0.15, 0.2) is 11.6 Å². The maximum atomic E-state index is 14.3. The maximum absolute atomic E-state index is 14.3. The summed E-state index contributed by atoms with van der Waals surface area (Å²) in [6.07, 6.45) is 3.24. The van der Waals surface area contributed by atoms with Crippen molar-refractivity contribution in [2.45, 2.75) is 30.6 Å². The van der Waals surface area contributed by atoms with Crippen LogP contribution in [-0.4, -0.2) is 18.4 Å². The van der Waals surface area contributed by atoms with E-state index in [-0.39, 0.29) is 41.0 Å². The molecular formula is C23H17F4IO4S. The highest BCUT2D eigenvalue weighted by Gasteiger charge is 2.62. The van der Waals surface area contributed by atoms with E-state index in [0.717, 1.165) is 19.3 Å². The summed E-state index contributed by atoms with van der Waals surface area (Å²) in [5, 5.41) is 0. The van der Waals surface area contributed by atoms with Gasteiger partial charge in [-0.1, -0.05) is 0 Å². The molecule has 4 nitrogen and oxygen atoms in total. The largest absolute Gasteiger partial charge is 0.461 e. The van der Waals surface area contributed by atoms with Gasteiger partial charge in [-0.15, -0.1) is 12.6 Å². The topological polar surface area (TPSA) is 52.6 Å². The summed E-state index contributed by atoms with van der Waals surface area (Å²) in [6, 6.07) is 4.14. The second-order valence-electron chi connectivity index (χ2n) is 9.01. The second kappa shape index (κ2) is 8.14. The minimum Gasteiger partial charge on any atom is -0.461 e. The van der Waals surface area contributed by atoms with Gasteiger partial charge in [-0.05, 0) is 72.4 Å². The van der Waals surface area contributed by atoms with Gasteiger partial charge < -0.3 is 9.47 Å². The first-order valence-electron chi connectivity index (χ1n) is 10.3. The first-order chi connectivity index (χ1) is 15.6. The van der Waals surface area contributed by atoms with Crippen LogP contribution in [0.4, 0.5) is 17.6 Å². The fourth-order valence-corrected chi connectivity index (χ4v) is 6.43. The summed E-state index contributed by atoms with van der Waals surface area (Å²) in [5.41, 5.74) is -0.521. The molecule has 2 aromatic rings. The van der Waals surface area contributed by atoms with Crippen molar-refractivity contribution in [1.29, 1.82) is 0 Å². The molecular weight excluding hydrogens is 575 g/mol. The van der Waals surface area contributed by atoms with Crippen LogP contribution in [0.15, 0.2) is 23.1 Å². The Bertz CT molecular complexity index is 1180. The van der Waals surface area contributed by atoms with Crippen LogP contribution < -0.4 is 4.74 Å². The van der Waals surface area contributed by atoms with Gasteiger partial charge in [0.05, 0.1) is 11.5 Å². The Labute approximate surface area is 205 Å². The predicted octanol–water partition coefficient (Wildman–Crippen LogP) is 6.09. The van der Waals surface area contributed by atoms with Crippen molar-refractivity contribution < 1.29 is 36.6 Å². The zero-order valence-corrected chi connectivity index (χ0v) is 20.0. The Morgan fingerprint density at radius 1 is 1.09 bits per heavy atom. The van der Waals surface area contributed by atoms with E-state index in [9.17, 15) is 27.2 Å². The molecule has 0 radical (unpaired) electrons. The lowest BCUT2D eigenvalue weighted by Gasteiger charge is -2.31. The Morgan fingerprint density at radius 2 is 1.79 bits per heavy atom. The molecule has 0 aromatic heterocycles. The predicted molar refractivity (Wildman–Crippen MR) is 119 cm³/mol. The molecule has 4 atom stereocenters. The van der Waals surface area contributed by atoms with Crippen LogP contribution in [0.1, 0.15) is 36.0 Å². The van der Waals surface area contributed by atoms with Crippen LogP contribution >= 0.6 is 35.2 Å². The highest BCUT2D eigenvalue weighted by Crippen LogP contribution is 2.63. The summed E-state index contributed by atoms with van der Waals surface area (Å²) < 4.78 is 67.6. The number of thiol groups is 1. The molecule has 174 valence electrons. The van der Waals surface area contributed by atoms with E-state index >= 15 is 0 Å². The number of carbonyl (C=O) groups excluding carboxylic acids is 2. The van der Waals surface area contributed by atoms with E-state index in [2.05, 4.69) is 12.6 Å². The molecule has 4 bridgehead atoms. The summed E-state index contributed by atoms with van der Waals surface area (Å²) >= 11 is 5.35. The maximum Gasteiger partial charge on any atom is 0.341 e. The van der Waals surface area contributed by atoms with E-state index in [4.69, 9.17) is 9.47 Å². The van der Waals surface area contributed by atoms with Gasteiger partial charge in [0.1, 0.15) is 17.1 Å². The lowest BCUT2D eigenvalue weighted by molar-refractivity contribution is -0.126. The fourth-order valence-electron chi connectivity index (χ4n) is 5.74. The van der Waals surface area contributed by atoms with E-state index in [0.29, 0.717) is 15.9 Å². The Morgan fingerprint density at radius 3 is 2.48 bits per heavy atom. The molecule has 2 aromatic carbocycles. The third-order valence-corrected chi connectivity index (χ3v) is 8.15. The second-order valence-corrected chi connectivity index (χ2v) is 10.7. The molecule has 6 rings (SSSR count). The van der Waals surface area contributed by atoms with Crippen LogP contribution in [0.3, 0.4) is 0 Å². The molecule has 0 heterocycles. The molecule has 33 heavy (non-hydrogen) atoms. The van der Waals surface area contributed by atoms with Crippen molar-refractivity contribution in [2.75, 3.05) is 6.61 Å². The molecule has 0 saturated heterocycles. The molecule has 0 spiro atoms. The number of ketones is 1. The number of halogens is 5. The van der Waals surface area contributed by atoms with E-state index in [1.54, 1.807) is 0 Å². The van der Waals surface area contributed by atoms with Gasteiger partial charge in [0.2, 0.25) is 17.4 Å².